The summed E-state index contributed by atoms with van der Waals surface area (Å²) in [4.78, 5) is 29.9. The van der Waals surface area contributed by atoms with Gasteiger partial charge >= 0.3 is 0 Å². The second kappa shape index (κ2) is 15.4. The van der Waals surface area contributed by atoms with Crippen LogP contribution in [-0.4, -0.2) is 51.4 Å². The molecule has 0 unspecified atom stereocenters. The number of anilines is 1. The Hall–Kier alpha value is -4.63. The van der Waals surface area contributed by atoms with E-state index in [1.54, 1.807) is 42.5 Å². The largest absolute Gasteiger partial charge is 0.497 e. The van der Waals surface area contributed by atoms with Crippen molar-refractivity contribution in [1.29, 1.82) is 0 Å². The molecule has 236 valence electrons. The summed E-state index contributed by atoms with van der Waals surface area (Å²) in [7, 11) is -2.69. The lowest BCUT2D eigenvalue weighted by molar-refractivity contribution is -0.140. The van der Waals surface area contributed by atoms with Crippen LogP contribution >= 0.6 is 0 Å². The maximum absolute atomic E-state index is 14.5. The Morgan fingerprint density at radius 1 is 0.822 bits per heavy atom. The monoisotopic (exact) mass is 627 g/mol. The molecule has 1 N–H and O–H groups in total. The molecule has 0 bridgehead atoms. The molecular formula is C36H41N3O5S. The van der Waals surface area contributed by atoms with Crippen molar-refractivity contribution in [2.45, 2.75) is 44.7 Å². The number of hydrogen-bond acceptors (Lipinski definition) is 5. The van der Waals surface area contributed by atoms with E-state index in [9.17, 15) is 18.0 Å². The van der Waals surface area contributed by atoms with Gasteiger partial charge in [0.2, 0.25) is 11.8 Å². The Morgan fingerprint density at radius 2 is 1.47 bits per heavy atom. The summed E-state index contributed by atoms with van der Waals surface area (Å²) in [6.45, 7) is 5.99. The number of amides is 2. The van der Waals surface area contributed by atoms with Gasteiger partial charge in [0.05, 0.1) is 17.7 Å². The molecule has 4 aromatic carbocycles. The fourth-order valence-corrected chi connectivity index (χ4v) is 6.42. The molecule has 0 aliphatic carbocycles. The third-order valence-corrected chi connectivity index (χ3v) is 9.13. The molecule has 0 aromatic heterocycles. The van der Waals surface area contributed by atoms with E-state index in [1.165, 1.54) is 24.1 Å². The Balaban J connectivity index is 1.80. The number of ether oxygens (including phenoxy) is 1. The second-order valence-corrected chi connectivity index (χ2v) is 13.2. The van der Waals surface area contributed by atoms with E-state index < -0.39 is 28.5 Å². The Kier molecular flexibility index (Phi) is 11.4. The highest BCUT2D eigenvalue weighted by Gasteiger charge is 2.34. The van der Waals surface area contributed by atoms with Crippen molar-refractivity contribution in [3.05, 3.63) is 126 Å². The Morgan fingerprint density at radius 3 is 2.11 bits per heavy atom. The average molecular weight is 628 g/mol. The van der Waals surface area contributed by atoms with Crippen LogP contribution in [0.5, 0.6) is 5.75 Å². The minimum atomic E-state index is -4.18. The summed E-state index contributed by atoms with van der Waals surface area (Å²) in [5.74, 6) is -0.168. The number of carbonyl (C=O) groups excluding carboxylic acids is 2. The molecule has 45 heavy (non-hydrogen) atoms. The highest BCUT2D eigenvalue weighted by Crippen LogP contribution is 2.28. The number of rotatable bonds is 14. The van der Waals surface area contributed by atoms with Crippen LogP contribution in [0.15, 0.2) is 114 Å². The molecule has 0 radical (unpaired) electrons. The smallest absolute Gasteiger partial charge is 0.264 e. The fourth-order valence-electron chi connectivity index (χ4n) is 5.00. The highest BCUT2D eigenvalue weighted by molar-refractivity contribution is 7.92. The molecule has 0 aliphatic rings. The van der Waals surface area contributed by atoms with Crippen LogP contribution in [0, 0.1) is 12.8 Å². The van der Waals surface area contributed by atoms with E-state index in [-0.39, 0.29) is 35.4 Å². The maximum Gasteiger partial charge on any atom is 0.264 e. The van der Waals surface area contributed by atoms with Crippen molar-refractivity contribution in [2.75, 3.05) is 24.5 Å². The molecule has 0 spiro atoms. The van der Waals surface area contributed by atoms with Crippen LogP contribution in [0.1, 0.15) is 30.5 Å². The number of aryl methyl sites for hydroxylation is 1. The average Bonchev–Trinajstić information content (AvgIpc) is 3.04. The topological polar surface area (TPSA) is 96.0 Å². The van der Waals surface area contributed by atoms with E-state index in [0.717, 1.165) is 21.0 Å². The molecule has 8 nitrogen and oxygen atoms in total. The summed E-state index contributed by atoms with van der Waals surface area (Å²) < 4.78 is 34.7. The van der Waals surface area contributed by atoms with E-state index >= 15 is 0 Å². The zero-order valence-electron chi connectivity index (χ0n) is 26.2. The van der Waals surface area contributed by atoms with Crippen LogP contribution < -0.4 is 14.4 Å². The summed E-state index contributed by atoms with van der Waals surface area (Å²) in [6.07, 6.45) is 0.257. The Bertz CT molecular complexity index is 1680. The molecule has 1 atom stereocenters. The molecule has 0 heterocycles. The predicted molar refractivity (Wildman–Crippen MR) is 177 cm³/mol. The van der Waals surface area contributed by atoms with Crippen LogP contribution in [-0.2, 0) is 32.6 Å². The number of methoxy groups -OCH3 is 1. The number of nitrogens with zero attached hydrogens (tertiary/aromatic N) is 2. The van der Waals surface area contributed by atoms with Crippen molar-refractivity contribution >= 4 is 27.5 Å². The quantitative estimate of drug-likeness (QED) is 0.196. The number of benzene rings is 4. The third-order valence-electron chi connectivity index (χ3n) is 7.34. The van der Waals surface area contributed by atoms with Crippen molar-refractivity contribution in [1.82, 2.24) is 10.2 Å². The highest BCUT2D eigenvalue weighted by atomic mass is 32.2. The SMILES string of the molecule is COc1cccc(N(CC(=O)N(Cc2cccc(C)c2)[C@@H](Cc2ccccc2)C(=O)NCC(C)C)S(=O)(=O)c2ccccc2)c1. The minimum absolute atomic E-state index is 0.0429. The standard InChI is InChI=1S/C36H41N3O5S/c1-27(2)24-37-36(41)34(22-29-14-7-5-8-15-29)38(25-30-16-11-13-28(3)21-30)35(40)26-39(31-17-12-18-32(23-31)44-4)45(42,43)33-19-9-6-10-20-33/h5-21,23,27,34H,22,24-26H2,1-4H3,(H,37,41)/t34-/m0/s1. The first-order valence-electron chi connectivity index (χ1n) is 15.0. The van der Waals surface area contributed by atoms with Gasteiger partial charge in [0.1, 0.15) is 18.3 Å². The molecule has 0 fully saturated rings. The van der Waals surface area contributed by atoms with Gasteiger partial charge in [-0.25, -0.2) is 8.42 Å². The van der Waals surface area contributed by atoms with Gasteiger partial charge < -0.3 is 15.0 Å². The number of hydrogen-bond donors (Lipinski definition) is 1. The van der Waals surface area contributed by atoms with Crippen LogP contribution in [0.4, 0.5) is 5.69 Å². The van der Waals surface area contributed by atoms with Crippen LogP contribution in [0.3, 0.4) is 0 Å². The van der Waals surface area contributed by atoms with Gasteiger partial charge in [-0.2, -0.15) is 0 Å². The van der Waals surface area contributed by atoms with Crippen LogP contribution in [0.25, 0.3) is 0 Å². The fraction of sp³-hybridized carbons (Fsp3) is 0.278. The summed E-state index contributed by atoms with van der Waals surface area (Å²) >= 11 is 0. The summed E-state index contributed by atoms with van der Waals surface area (Å²) in [6, 6.07) is 30.9. The molecule has 4 rings (SSSR count). The number of carbonyl (C=O) groups is 2. The summed E-state index contributed by atoms with van der Waals surface area (Å²) in [5.41, 5.74) is 2.99. The van der Waals surface area contributed by atoms with Gasteiger partial charge in [-0.15, -0.1) is 0 Å². The van der Waals surface area contributed by atoms with Gasteiger partial charge in [0, 0.05) is 25.6 Å². The van der Waals surface area contributed by atoms with Gasteiger partial charge in [-0.05, 0) is 48.2 Å². The normalized spacial score (nSPS) is 11.9. The molecular weight excluding hydrogens is 586 g/mol. The molecule has 4 aromatic rings. The van der Waals surface area contributed by atoms with Crippen LogP contribution in [0.2, 0.25) is 0 Å². The minimum Gasteiger partial charge on any atom is -0.497 e. The first-order chi connectivity index (χ1) is 21.6. The zero-order valence-corrected chi connectivity index (χ0v) is 27.0. The van der Waals surface area contributed by atoms with E-state index in [2.05, 4.69) is 5.32 Å². The van der Waals surface area contributed by atoms with Crippen molar-refractivity contribution < 1.29 is 22.7 Å². The van der Waals surface area contributed by atoms with Crippen molar-refractivity contribution in [2.24, 2.45) is 5.92 Å². The molecule has 0 saturated heterocycles. The van der Waals surface area contributed by atoms with Gasteiger partial charge in [-0.1, -0.05) is 98.3 Å². The van der Waals surface area contributed by atoms with E-state index in [0.29, 0.717) is 12.3 Å². The van der Waals surface area contributed by atoms with Crippen molar-refractivity contribution in [3.63, 3.8) is 0 Å². The third kappa shape index (κ3) is 8.95. The lowest BCUT2D eigenvalue weighted by atomic mass is 10.0. The lowest BCUT2D eigenvalue weighted by Crippen LogP contribution is -2.53. The van der Waals surface area contributed by atoms with Crippen molar-refractivity contribution in [3.8, 4) is 5.75 Å². The van der Waals surface area contributed by atoms with E-state index in [1.807, 2.05) is 75.4 Å². The van der Waals surface area contributed by atoms with E-state index in [4.69, 9.17) is 4.74 Å². The Labute approximate surface area is 266 Å². The van der Waals surface area contributed by atoms with Gasteiger partial charge in [-0.3, -0.25) is 13.9 Å². The first-order valence-corrected chi connectivity index (χ1v) is 16.4. The lowest BCUT2D eigenvalue weighted by Gasteiger charge is -2.34. The first kappa shape index (κ1) is 33.3. The molecule has 9 heteroatoms. The zero-order chi connectivity index (χ0) is 32.4. The maximum atomic E-state index is 14.5. The second-order valence-electron chi connectivity index (χ2n) is 11.4. The van der Waals surface area contributed by atoms with Gasteiger partial charge in [0.15, 0.2) is 0 Å². The van der Waals surface area contributed by atoms with Gasteiger partial charge in [0.25, 0.3) is 10.0 Å². The molecule has 0 aliphatic heterocycles. The predicted octanol–water partition coefficient (Wildman–Crippen LogP) is 5.61. The summed E-state index contributed by atoms with van der Waals surface area (Å²) in [5, 5.41) is 3.01. The number of nitrogens with one attached hydrogen (secondary N) is 1. The number of sulfonamides is 1. The molecule has 2 amide bonds. The molecule has 0 saturated carbocycles.